The Hall–Kier alpha value is -1.23. The van der Waals surface area contributed by atoms with Crippen molar-refractivity contribution >= 4 is 22.9 Å². The molecule has 0 spiro atoms. The second kappa shape index (κ2) is 6.64. The van der Waals surface area contributed by atoms with Crippen LogP contribution in [0.5, 0.6) is 0 Å². The molecular formula is C13H18F2N2S. The van der Waals surface area contributed by atoms with Gasteiger partial charge in [0.15, 0.2) is 11.6 Å². The molecule has 1 unspecified atom stereocenters. The monoisotopic (exact) mass is 272 g/mol. The highest BCUT2D eigenvalue weighted by atomic mass is 32.1. The molecule has 0 saturated heterocycles. The molecular weight excluding hydrogens is 254 g/mol. The van der Waals surface area contributed by atoms with Crippen LogP contribution < -0.4 is 11.1 Å². The van der Waals surface area contributed by atoms with E-state index in [2.05, 4.69) is 24.5 Å². The van der Waals surface area contributed by atoms with Crippen LogP contribution >= 0.6 is 12.2 Å². The van der Waals surface area contributed by atoms with Crippen molar-refractivity contribution in [2.24, 2.45) is 5.73 Å². The third-order valence-corrected chi connectivity index (χ3v) is 3.06. The number of rotatable bonds is 6. The van der Waals surface area contributed by atoms with E-state index in [1.807, 2.05) is 6.92 Å². The fourth-order valence-corrected chi connectivity index (χ4v) is 1.96. The van der Waals surface area contributed by atoms with E-state index in [9.17, 15) is 8.78 Å². The van der Waals surface area contributed by atoms with Gasteiger partial charge in [0.05, 0.1) is 5.69 Å². The maximum Gasteiger partial charge on any atom is 0.182 e. The highest BCUT2D eigenvalue weighted by Crippen LogP contribution is 2.22. The Morgan fingerprint density at radius 1 is 1.33 bits per heavy atom. The maximum absolute atomic E-state index is 13.8. The molecule has 0 amide bonds. The number of thiocarbonyl (C=S) groups is 1. The molecule has 0 aromatic heterocycles. The lowest BCUT2D eigenvalue weighted by Crippen LogP contribution is -2.20. The van der Waals surface area contributed by atoms with E-state index in [1.54, 1.807) is 0 Å². The highest BCUT2D eigenvalue weighted by molar-refractivity contribution is 7.80. The molecule has 0 aliphatic heterocycles. The zero-order valence-electron chi connectivity index (χ0n) is 10.6. The summed E-state index contributed by atoms with van der Waals surface area (Å²) in [6.07, 6.45) is 2.75. The molecule has 1 aromatic carbocycles. The molecule has 3 N–H and O–H groups in total. The molecule has 1 rings (SSSR count). The second-order valence-electron chi connectivity index (χ2n) is 4.19. The Morgan fingerprint density at radius 2 is 2.00 bits per heavy atom. The molecule has 5 heteroatoms. The van der Waals surface area contributed by atoms with Crippen LogP contribution in [0, 0.1) is 11.6 Å². The number of nitrogens with two attached hydrogens (primary N) is 1. The minimum Gasteiger partial charge on any atom is -0.389 e. The number of benzene rings is 1. The van der Waals surface area contributed by atoms with E-state index in [1.165, 1.54) is 12.1 Å². The summed E-state index contributed by atoms with van der Waals surface area (Å²) < 4.78 is 27.5. The number of anilines is 1. The number of nitrogens with one attached hydrogen (secondary N) is 1. The second-order valence-corrected chi connectivity index (χ2v) is 4.63. The maximum atomic E-state index is 13.8. The molecule has 0 bridgehead atoms. The third kappa shape index (κ3) is 3.38. The van der Waals surface area contributed by atoms with Gasteiger partial charge in [0.1, 0.15) is 4.99 Å². The Morgan fingerprint density at radius 3 is 2.50 bits per heavy atom. The van der Waals surface area contributed by atoms with Crippen LogP contribution in [0.25, 0.3) is 0 Å². The molecule has 0 aliphatic rings. The van der Waals surface area contributed by atoms with Crippen LogP contribution in [0.1, 0.15) is 38.7 Å². The fourth-order valence-electron chi connectivity index (χ4n) is 1.80. The minimum absolute atomic E-state index is 0.0587. The predicted octanol–water partition coefficient (Wildman–Crippen LogP) is 3.59. The summed E-state index contributed by atoms with van der Waals surface area (Å²) in [6.45, 7) is 4.06. The first-order valence-electron chi connectivity index (χ1n) is 6.05. The zero-order chi connectivity index (χ0) is 13.7. The van der Waals surface area contributed by atoms with Crippen molar-refractivity contribution in [3.8, 4) is 0 Å². The van der Waals surface area contributed by atoms with Crippen LogP contribution in [-0.4, -0.2) is 11.0 Å². The van der Waals surface area contributed by atoms with Gasteiger partial charge in [-0.3, -0.25) is 0 Å². The fraction of sp³-hybridized carbons (Fsp3) is 0.462. The Labute approximate surface area is 112 Å². The first-order chi connectivity index (χ1) is 8.51. The van der Waals surface area contributed by atoms with Gasteiger partial charge in [-0.25, -0.2) is 8.78 Å². The van der Waals surface area contributed by atoms with E-state index in [-0.39, 0.29) is 22.3 Å². The molecule has 1 atom stereocenters. The first-order valence-corrected chi connectivity index (χ1v) is 6.46. The predicted molar refractivity (Wildman–Crippen MR) is 74.9 cm³/mol. The standard InChI is InChI=1S/C13H18F2N2S/c1-3-5-8(4-2)17-10-7-6-9(13(16)18)11(14)12(10)15/h6-8,17H,3-5H2,1-2H3,(H2,16,18). The van der Waals surface area contributed by atoms with Gasteiger partial charge in [-0.05, 0) is 25.0 Å². The van der Waals surface area contributed by atoms with Gasteiger partial charge in [-0.2, -0.15) is 0 Å². The van der Waals surface area contributed by atoms with E-state index in [4.69, 9.17) is 5.73 Å². The van der Waals surface area contributed by atoms with Gasteiger partial charge in [-0.1, -0.05) is 32.5 Å². The summed E-state index contributed by atoms with van der Waals surface area (Å²) in [5.41, 5.74) is 5.41. The lowest BCUT2D eigenvalue weighted by molar-refractivity contribution is 0.506. The molecule has 18 heavy (non-hydrogen) atoms. The van der Waals surface area contributed by atoms with Crippen LogP contribution in [0.15, 0.2) is 12.1 Å². The SMILES string of the molecule is CCCC(CC)Nc1ccc(C(N)=S)c(F)c1F. The van der Waals surface area contributed by atoms with Crippen molar-refractivity contribution in [1.82, 2.24) is 0 Å². The van der Waals surface area contributed by atoms with Crippen LogP contribution in [-0.2, 0) is 0 Å². The average Bonchev–Trinajstić information content (AvgIpc) is 2.33. The van der Waals surface area contributed by atoms with E-state index in [0.717, 1.165) is 19.3 Å². The van der Waals surface area contributed by atoms with Gasteiger partial charge in [0, 0.05) is 11.6 Å². The van der Waals surface area contributed by atoms with E-state index in [0.29, 0.717) is 0 Å². The normalized spacial score (nSPS) is 12.2. The van der Waals surface area contributed by atoms with Gasteiger partial charge < -0.3 is 11.1 Å². The van der Waals surface area contributed by atoms with Crippen LogP contribution in [0.2, 0.25) is 0 Å². The van der Waals surface area contributed by atoms with Crippen LogP contribution in [0.4, 0.5) is 14.5 Å². The Balaban J connectivity index is 2.98. The first kappa shape index (κ1) is 14.8. The van der Waals surface area contributed by atoms with Crippen molar-refractivity contribution in [3.63, 3.8) is 0 Å². The summed E-state index contributed by atoms with van der Waals surface area (Å²) >= 11 is 4.66. The molecule has 0 saturated carbocycles. The quantitative estimate of drug-likeness (QED) is 0.777. The number of halogens is 2. The molecule has 0 aliphatic carbocycles. The Kier molecular flexibility index (Phi) is 5.47. The van der Waals surface area contributed by atoms with Gasteiger partial charge in [-0.15, -0.1) is 0 Å². The smallest absolute Gasteiger partial charge is 0.182 e. The zero-order valence-corrected chi connectivity index (χ0v) is 11.4. The molecule has 2 nitrogen and oxygen atoms in total. The molecule has 0 radical (unpaired) electrons. The number of hydrogen-bond acceptors (Lipinski definition) is 2. The summed E-state index contributed by atoms with van der Waals surface area (Å²) in [7, 11) is 0. The average molecular weight is 272 g/mol. The summed E-state index contributed by atoms with van der Waals surface area (Å²) in [5, 5.41) is 3.01. The summed E-state index contributed by atoms with van der Waals surface area (Å²) in [6, 6.07) is 3.02. The van der Waals surface area contributed by atoms with Gasteiger partial charge >= 0.3 is 0 Å². The lowest BCUT2D eigenvalue weighted by Gasteiger charge is -2.18. The molecule has 0 heterocycles. The highest BCUT2D eigenvalue weighted by Gasteiger charge is 2.16. The minimum atomic E-state index is -0.987. The van der Waals surface area contributed by atoms with E-state index < -0.39 is 11.6 Å². The summed E-state index contributed by atoms with van der Waals surface area (Å²) in [5.74, 6) is -1.91. The van der Waals surface area contributed by atoms with Crippen LogP contribution in [0.3, 0.4) is 0 Å². The van der Waals surface area contributed by atoms with Crippen molar-refractivity contribution in [3.05, 3.63) is 29.3 Å². The number of hydrogen-bond donors (Lipinski definition) is 2. The van der Waals surface area contributed by atoms with Gasteiger partial charge in [0.2, 0.25) is 0 Å². The van der Waals surface area contributed by atoms with Crippen molar-refractivity contribution in [2.45, 2.75) is 39.2 Å². The molecule has 0 fully saturated rings. The summed E-state index contributed by atoms with van der Waals surface area (Å²) in [4.78, 5) is -0.140. The van der Waals surface area contributed by atoms with Gasteiger partial charge in [0.25, 0.3) is 0 Å². The molecule has 100 valence electrons. The Bertz CT molecular complexity index is 435. The largest absolute Gasteiger partial charge is 0.389 e. The molecule has 1 aromatic rings. The van der Waals surface area contributed by atoms with Crippen molar-refractivity contribution in [1.29, 1.82) is 0 Å². The lowest BCUT2D eigenvalue weighted by atomic mass is 10.1. The van der Waals surface area contributed by atoms with Crippen molar-refractivity contribution < 1.29 is 8.78 Å². The topological polar surface area (TPSA) is 38.0 Å². The third-order valence-electron chi connectivity index (χ3n) is 2.84. The van der Waals surface area contributed by atoms with Crippen molar-refractivity contribution in [2.75, 3.05) is 5.32 Å². The van der Waals surface area contributed by atoms with E-state index >= 15 is 0 Å².